The molecular weight excluding hydrogens is 743 g/mol. The fourth-order valence-corrected chi connectivity index (χ4v) is 6.51. The zero-order valence-corrected chi connectivity index (χ0v) is 34.6. The predicted octanol–water partition coefficient (Wildman–Crippen LogP) is 6.07. The molecule has 14 heteroatoms. The number of hydrogen-bond donors (Lipinski definition) is 7. The number of rotatable bonds is 33. The van der Waals surface area contributed by atoms with E-state index >= 15 is 0 Å². The van der Waals surface area contributed by atoms with Gasteiger partial charge < -0.3 is 40.3 Å². The van der Waals surface area contributed by atoms with E-state index in [-0.39, 0.29) is 6.42 Å². The van der Waals surface area contributed by atoms with E-state index in [0.717, 1.165) is 38.5 Å². The van der Waals surface area contributed by atoms with Crippen molar-refractivity contribution in [2.45, 2.75) is 185 Å². The Hall–Kier alpha value is -2.24. The SMILES string of the molecule is CCCCCCC/C=C/CC/C=C/CC/C=C/C(O)C(COC1OC(CO)C(O)C(OS(=O)(=O)O)C1O)NC(=O)C(O)C/C=C\C/C=C\CCCCCCCC. The number of ether oxygens (including phenoxy) is 2. The molecule has 1 saturated heterocycles. The molecule has 0 bridgehead atoms. The summed E-state index contributed by atoms with van der Waals surface area (Å²) < 4.78 is 47.3. The quantitative estimate of drug-likeness (QED) is 0.0229. The Bertz CT molecular complexity index is 1250. The average Bonchev–Trinajstić information content (AvgIpc) is 3.16. The summed E-state index contributed by atoms with van der Waals surface area (Å²) in [6, 6.07) is -1.17. The second-order valence-corrected chi connectivity index (χ2v) is 15.4. The van der Waals surface area contributed by atoms with E-state index in [1.165, 1.54) is 70.3 Å². The van der Waals surface area contributed by atoms with Gasteiger partial charge in [0.05, 0.1) is 25.4 Å². The molecule has 7 N–H and O–H groups in total. The topological polar surface area (TPSA) is 212 Å². The van der Waals surface area contributed by atoms with Crippen molar-refractivity contribution < 1.29 is 57.0 Å². The normalized spacial score (nSPS) is 22.6. The monoisotopic (exact) mass is 815 g/mol. The van der Waals surface area contributed by atoms with Gasteiger partial charge in [-0.1, -0.05) is 132 Å². The van der Waals surface area contributed by atoms with Gasteiger partial charge in [-0.25, -0.2) is 4.18 Å². The molecule has 0 aromatic heterocycles. The largest absolute Gasteiger partial charge is 0.397 e. The molecule has 8 atom stereocenters. The van der Waals surface area contributed by atoms with Crippen LogP contribution in [0.25, 0.3) is 0 Å². The molecule has 324 valence electrons. The van der Waals surface area contributed by atoms with Crippen molar-refractivity contribution in [1.82, 2.24) is 5.32 Å². The summed E-state index contributed by atoms with van der Waals surface area (Å²) in [7, 11) is -5.13. The van der Waals surface area contributed by atoms with Crippen LogP contribution in [0, 0.1) is 0 Å². The van der Waals surface area contributed by atoms with Gasteiger partial charge in [-0.15, -0.1) is 0 Å². The van der Waals surface area contributed by atoms with Crippen LogP contribution in [0.2, 0.25) is 0 Å². The molecule has 1 rings (SSSR count). The molecule has 0 saturated carbocycles. The summed E-state index contributed by atoms with van der Waals surface area (Å²) in [5, 5.41) is 54.8. The molecule has 1 heterocycles. The lowest BCUT2D eigenvalue weighted by Crippen LogP contribution is -2.61. The van der Waals surface area contributed by atoms with E-state index in [0.29, 0.717) is 12.8 Å². The van der Waals surface area contributed by atoms with Gasteiger partial charge in [0.2, 0.25) is 5.91 Å². The van der Waals surface area contributed by atoms with Gasteiger partial charge in [0.25, 0.3) is 0 Å². The van der Waals surface area contributed by atoms with Gasteiger partial charge in [-0.3, -0.25) is 9.35 Å². The summed E-state index contributed by atoms with van der Waals surface area (Å²) in [6.07, 6.45) is 27.7. The number of unbranched alkanes of at least 4 members (excludes halogenated alkanes) is 13. The van der Waals surface area contributed by atoms with Crippen molar-refractivity contribution in [1.29, 1.82) is 0 Å². The maximum atomic E-state index is 13.0. The third-order valence-electron chi connectivity index (χ3n) is 9.37. The first-order chi connectivity index (χ1) is 26.9. The van der Waals surface area contributed by atoms with Gasteiger partial charge in [0.1, 0.15) is 30.5 Å². The molecule has 1 aliphatic heterocycles. The van der Waals surface area contributed by atoms with Crippen LogP contribution in [0.4, 0.5) is 0 Å². The number of carbonyl (C=O) groups excluding carboxylic acids is 1. The molecule has 56 heavy (non-hydrogen) atoms. The first kappa shape index (κ1) is 51.8. The Morgan fingerprint density at radius 3 is 1.82 bits per heavy atom. The van der Waals surface area contributed by atoms with Gasteiger partial charge in [0.15, 0.2) is 6.29 Å². The fourth-order valence-electron chi connectivity index (χ4n) is 6.00. The fraction of sp³-hybridized carbons (Fsp3) is 0.738. The minimum Gasteiger partial charge on any atom is -0.394 e. The Morgan fingerprint density at radius 1 is 0.732 bits per heavy atom. The third-order valence-corrected chi connectivity index (χ3v) is 9.83. The standard InChI is InChI=1S/C42H73NO12S/c1-3-5-7-9-11-13-15-17-18-19-21-22-24-26-28-30-35(45)34(33-53-42-39(48)40(55-56(50,51)52)38(47)37(32-44)54-42)43-41(49)36(46)31-29-27-25-23-20-16-14-12-10-8-6-4-2/h15,17,20-23,27-30,34-40,42,44-48H,3-14,16,18-19,24-26,31-33H2,1-2H3,(H,43,49)(H,50,51,52)/b17-15+,22-21+,23-20-,29-27-,30-28+. The lowest BCUT2D eigenvalue weighted by Gasteiger charge is -2.41. The molecule has 1 aliphatic rings. The lowest BCUT2D eigenvalue weighted by atomic mass is 9.99. The molecule has 0 radical (unpaired) electrons. The van der Waals surface area contributed by atoms with E-state index in [4.69, 9.17) is 14.0 Å². The van der Waals surface area contributed by atoms with Crippen LogP contribution < -0.4 is 5.32 Å². The Kier molecular flexibility index (Phi) is 30.2. The summed E-state index contributed by atoms with van der Waals surface area (Å²) >= 11 is 0. The molecule has 1 amide bonds. The van der Waals surface area contributed by atoms with Crippen LogP contribution in [0.15, 0.2) is 60.8 Å². The zero-order chi connectivity index (χ0) is 41.4. The molecule has 8 unspecified atom stereocenters. The van der Waals surface area contributed by atoms with Crippen molar-refractivity contribution in [2.24, 2.45) is 0 Å². The van der Waals surface area contributed by atoms with Gasteiger partial charge >= 0.3 is 10.4 Å². The Labute approximate surface area is 336 Å². The van der Waals surface area contributed by atoms with Crippen LogP contribution in [0.5, 0.6) is 0 Å². The molecule has 0 aromatic rings. The van der Waals surface area contributed by atoms with E-state index in [9.17, 15) is 38.7 Å². The second kappa shape index (κ2) is 32.7. The molecule has 0 aliphatic carbocycles. The van der Waals surface area contributed by atoms with Crippen molar-refractivity contribution in [3.63, 3.8) is 0 Å². The Balaban J connectivity index is 2.76. The number of aliphatic hydroxyl groups is 5. The number of allylic oxidation sites excluding steroid dienone is 8. The van der Waals surface area contributed by atoms with Crippen LogP contribution in [-0.4, -0.2) is 107 Å². The predicted molar refractivity (Wildman–Crippen MR) is 219 cm³/mol. The van der Waals surface area contributed by atoms with Crippen molar-refractivity contribution >= 4 is 16.3 Å². The van der Waals surface area contributed by atoms with Crippen molar-refractivity contribution in [3.05, 3.63) is 60.8 Å². The average molecular weight is 816 g/mol. The molecular formula is C42H73NO12S. The van der Waals surface area contributed by atoms with E-state index < -0.39 is 78.5 Å². The van der Waals surface area contributed by atoms with E-state index in [2.05, 4.69) is 53.7 Å². The first-order valence-electron chi connectivity index (χ1n) is 20.8. The summed E-state index contributed by atoms with van der Waals surface area (Å²) in [4.78, 5) is 13.0. The second-order valence-electron chi connectivity index (χ2n) is 14.3. The molecule has 13 nitrogen and oxygen atoms in total. The van der Waals surface area contributed by atoms with Crippen LogP contribution in [-0.2, 0) is 28.9 Å². The zero-order valence-electron chi connectivity index (χ0n) is 33.8. The number of hydrogen-bond acceptors (Lipinski definition) is 11. The minimum atomic E-state index is -5.13. The first-order valence-corrected chi connectivity index (χ1v) is 22.1. The number of aliphatic hydroxyl groups excluding tert-OH is 5. The summed E-state index contributed by atoms with van der Waals surface area (Å²) in [5.74, 6) is -0.788. The highest BCUT2D eigenvalue weighted by Gasteiger charge is 2.48. The minimum absolute atomic E-state index is 0.0208. The van der Waals surface area contributed by atoms with Gasteiger partial charge in [-0.05, 0) is 57.8 Å². The maximum Gasteiger partial charge on any atom is 0.397 e. The summed E-state index contributed by atoms with van der Waals surface area (Å²) in [6.45, 7) is 3.09. The van der Waals surface area contributed by atoms with E-state index in [1.807, 2.05) is 12.2 Å². The number of carbonyl (C=O) groups is 1. The van der Waals surface area contributed by atoms with Crippen LogP contribution in [0.3, 0.4) is 0 Å². The highest BCUT2D eigenvalue weighted by atomic mass is 32.3. The van der Waals surface area contributed by atoms with Crippen molar-refractivity contribution in [2.75, 3.05) is 13.2 Å². The van der Waals surface area contributed by atoms with Gasteiger partial charge in [0, 0.05) is 6.42 Å². The Morgan fingerprint density at radius 2 is 1.25 bits per heavy atom. The van der Waals surface area contributed by atoms with Gasteiger partial charge in [-0.2, -0.15) is 8.42 Å². The third kappa shape index (κ3) is 25.2. The number of amides is 1. The highest BCUT2D eigenvalue weighted by Crippen LogP contribution is 2.26. The van der Waals surface area contributed by atoms with Crippen molar-refractivity contribution in [3.8, 4) is 0 Å². The molecule has 0 aromatic carbocycles. The van der Waals surface area contributed by atoms with E-state index in [1.54, 1.807) is 12.2 Å². The van der Waals surface area contributed by atoms with Crippen LogP contribution in [0.1, 0.15) is 136 Å². The maximum absolute atomic E-state index is 13.0. The molecule has 0 spiro atoms. The summed E-state index contributed by atoms with van der Waals surface area (Å²) in [5.41, 5.74) is 0. The highest BCUT2D eigenvalue weighted by molar-refractivity contribution is 7.80. The lowest BCUT2D eigenvalue weighted by molar-refractivity contribution is -0.298. The van der Waals surface area contributed by atoms with Crippen LogP contribution >= 0.6 is 0 Å². The number of nitrogens with one attached hydrogen (secondary N) is 1. The molecule has 1 fully saturated rings. The smallest absolute Gasteiger partial charge is 0.394 e.